The number of nitrogens with zero attached hydrogens (tertiary/aromatic N) is 3. The highest BCUT2D eigenvalue weighted by atomic mass is 127. The Morgan fingerprint density at radius 1 is 1.14 bits per heavy atom. The topological polar surface area (TPSA) is 78.4 Å². The zero-order valence-electron chi connectivity index (χ0n) is 17.9. The molecule has 0 aliphatic carbocycles. The number of benzene rings is 1. The molecular weight excluding hydrogens is 485 g/mol. The number of methoxy groups -OCH3 is 2. The molecule has 1 aliphatic heterocycles. The molecule has 1 aromatic carbocycles. The lowest BCUT2D eigenvalue weighted by atomic mass is 10.1. The van der Waals surface area contributed by atoms with Gasteiger partial charge in [-0.15, -0.1) is 24.0 Å². The van der Waals surface area contributed by atoms with E-state index in [0.717, 1.165) is 43.5 Å². The number of halogens is 1. The van der Waals surface area contributed by atoms with Gasteiger partial charge in [0.15, 0.2) is 5.96 Å². The number of aryl methyl sites for hydroxylation is 1. The third-order valence-corrected chi connectivity index (χ3v) is 4.68. The van der Waals surface area contributed by atoms with Gasteiger partial charge in [0.2, 0.25) is 5.91 Å². The second-order valence-corrected chi connectivity index (χ2v) is 6.87. The molecule has 2 rings (SSSR count). The van der Waals surface area contributed by atoms with Crippen molar-refractivity contribution in [2.45, 2.75) is 13.5 Å². The van der Waals surface area contributed by atoms with E-state index in [1.165, 1.54) is 5.56 Å². The predicted octanol–water partition coefficient (Wildman–Crippen LogP) is 1.08. The van der Waals surface area contributed by atoms with Gasteiger partial charge < -0.3 is 25.0 Å². The van der Waals surface area contributed by atoms with Gasteiger partial charge in [0.1, 0.15) is 5.75 Å². The van der Waals surface area contributed by atoms with Gasteiger partial charge in [-0.1, -0.05) is 6.07 Å². The SMILES string of the molecule is CN=C(NCc1cc(C)cc(OC)c1)N1CCN(CC(=O)NCCOC)CC1.I. The molecule has 0 spiro atoms. The van der Waals surface area contributed by atoms with Crippen molar-refractivity contribution in [3.05, 3.63) is 29.3 Å². The Labute approximate surface area is 191 Å². The Bertz CT molecular complexity index is 664. The van der Waals surface area contributed by atoms with E-state index in [4.69, 9.17) is 9.47 Å². The molecule has 1 aromatic rings. The van der Waals surface area contributed by atoms with Gasteiger partial charge in [-0.25, -0.2) is 0 Å². The number of ether oxygens (including phenoxy) is 2. The Balaban J connectivity index is 0.00000420. The van der Waals surface area contributed by atoms with E-state index in [9.17, 15) is 4.79 Å². The summed E-state index contributed by atoms with van der Waals surface area (Å²) in [5.41, 5.74) is 2.33. The van der Waals surface area contributed by atoms with E-state index in [2.05, 4.69) is 38.4 Å². The minimum Gasteiger partial charge on any atom is -0.497 e. The maximum absolute atomic E-state index is 11.9. The molecule has 1 fully saturated rings. The molecule has 0 bridgehead atoms. The summed E-state index contributed by atoms with van der Waals surface area (Å²) in [5.74, 6) is 1.79. The number of guanidine groups is 1. The van der Waals surface area contributed by atoms with Crippen molar-refractivity contribution in [3.8, 4) is 5.75 Å². The number of rotatable bonds is 8. The first-order chi connectivity index (χ1) is 13.5. The molecule has 8 nitrogen and oxygen atoms in total. The van der Waals surface area contributed by atoms with Gasteiger partial charge in [-0.3, -0.25) is 14.7 Å². The Morgan fingerprint density at radius 2 is 1.86 bits per heavy atom. The van der Waals surface area contributed by atoms with Crippen LogP contribution in [0.4, 0.5) is 0 Å². The van der Waals surface area contributed by atoms with Crippen LogP contribution in [0.2, 0.25) is 0 Å². The number of aliphatic imine (C=N–C) groups is 1. The summed E-state index contributed by atoms with van der Waals surface area (Å²) in [6.45, 7) is 7.59. The van der Waals surface area contributed by atoms with Crippen molar-refractivity contribution >= 4 is 35.8 Å². The van der Waals surface area contributed by atoms with E-state index < -0.39 is 0 Å². The second-order valence-electron chi connectivity index (χ2n) is 6.87. The normalized spacial score (nSPS) is 14.9. The summed E-state index contributed by atoms with van der Waals surface area (Å²) in [4.78, 5) is 20.7. The van der Waals surface area contributed by atoms with E-state index >= 15 is 0 Å². The molecule has 29 heavy (non-hydrogen) atoms. The first-order valence-corrected chi connectivity index (χ1v) is 9.64. The molecule has 1 aliphatic rings. The average molecular weight is 519 g/mol. The fraction of sp³-hybridized carbons (Fsp3) is 0.600. The lowest BCUT2D eigenvalue weighted by Gasteiger charge is -2.36. The van der Waals surface area contributed by atoms with Gasteiger partial charge in [0.25, 0.3) is 0 Å². The largest absolute Gasteiger partial charge is 0.497 e. The maximum Gasteiger partial charge on any atom is 0.234 e. The monoisotopic (exact) mass is 519 g/mol. The molecule has 2 N–H and O–H groups in total. The van der Waals surface area contributed by atoms with Crippen LogP contribution in [0.1, 0.15) is 11.1 Å². The standard InChI is InChI=1S/C20H33N5O3.HI/c1-16-11-17(13-18(12-16)28-4)14-23-20(21-2)25-8-6-24(7-9-25)15-19(26)22-5-10-27-3;/h11-13H,5-10,14-15H2,1-4H3,(H,21,23)(H,22,26);1H. The zero-order chi connectivity index (χ0) is 20.4. The number of nitrogens with one attached hydrogen (secondary N) is 2. The summed E-state index contributed by atoms with van der Waals surface area (Å²) >= 11 is 0. The van der Waals surface area contributed by atoms with Crippen LogP contribution >= 0.6 is 24.0 Å². The molecule has 0 saturated carbocycles. The van der Waals surface area contributed by atoms with Crippen LogP contribution in [0.3, 0.4) is 0 Å². The Hall–Kier alpha value is -1.59. The molecule has 0 unspecified atom stereocenters. The lowest BCUT2D eigenvalue weighted by molar-refractivity contribution is -0.122. The minimum atomic E-state index is 0. The number of carbonyl (C=O) groups excluding carboxylic acids is 1. The zero-order valence-corrected chi connectivity index (χ0v) is 20.2. The first-order valence-electron chi connectivity index (χ1n) is 9.64. The second kappa shape index (κ2) is 13.6. The van der Waals surface area contributed by atoms with Crippen molar-refractivity contribution < 1.29 is 14.3 Å². The number of piperazine rings is 1. The maximum atomic E-state index is 11.9. The van der Waals surface area contributed by atoms with Crippen LogP contribution in [0.25, 0.3) is 0 Å². The highest BCUT2D eigenvalue weighted by Gasteiger charge is 2.21. The quantitative estimate of drug-likeness (QED) is 0.232. The van der Waals surface area contributed by atoms with Gasteiger partial charge in [-0.2, -0.15) is 0 Å². The molecule has 1 saturated heterocycles. The summed E-state index contributed by atoms with van der Waals surface area (Å²) in [5, 5.41) is 6.30. The number of hydrogen-bond acceptors (Lipinski definition) is 5. The summed E-state index contributed by atoms with van der Waals surface area (Å²) in [7, 11) is 5.11. The number of carbonyl (C=O) groups is 1. The first kappa shape index (κ1) is 25.4. The lowest BCUT2D eigenvalue weighted by Crippen LogP contribution is -2.54. The van der Waals surface area contributed by atoms with E-state index in [1.807, 2.05) is 12.1 Å². The number of amides is 1. The van der Waals surface area contributed by atoms with Crippen molar-refractivity contribution in [1.29, 1.82) is 0 Å². The fourth-order valence-electron chi connectivity index (χ4n) is 3.23. The van der Waals surface area contributed by atoms with Crippen molar-refractivity contribution in [1.82, 2.24) is 20.4 Å². The van der Waals surface area contributed by atoms with Crippen LogP contribution in [0.5, 0.6) is 5.75 Å². The smallest absolute Gasteiger partial charge is 0.234 e. The highest BCUT2D eigenvalue weighted by Crippen LogP contribution is 2.16. The van der Waals surface area contributed by atoms with Crippen molar-refractivity contribution in [3.63, 3.8) is 0 Å². The van der Waals surface area contributed by atoms with E-state index in [-0.39, 0.29) is 29.9 Å². The molecule has 1 amide bonds. The average Bonchev–Trinajstić information content (AvgIpc) is 2.69. The third-order valence-electron chi connectivity index (χ3n) is 4.68. The van der Waals surface area contributed by atoms with Crippen LogP contribution < -0.4 is 15.4 Å². The molecule has 0 aromatic heterocycles. The summed E-state index contributed by atoms with van der Waals surface area (Å²) < 4.78 is 10.3. The van der Waals surface area contributed by atoms with Crippen molar-refractivity contribution in [2.24, 2.45) is 4.99 Å². The predicted molar refractivity (Wildman–Crippen MR) is 126 cm³/mol. The Morgan fingerprint density at radius 3 is 2.48 bits per heavy atom. The Kier molecular flexibility index (Phi) is 11.9. The van der Waals surface area contributed by atoms with E-state index in [0.29, 0.717) is 26.2 Å². The van der Waals surface area contributed by atoms with Crippen LogP contribution in [-0.4, -0.2) is 88.8 Å². The van der Waals surface area contributed by atoms with Crippen LogP contribution in [-0.2, 0) is 16.1 Å². The van der Waals surface area contributed by atoms with Crippen molar-refractivity contribution in [2.75, 3.05) is 67.1 Å². The minimum absolute atomic E-state index is 0. The third kappa shape index (κ3) is 8.75. The molecule has 0 radical (unpaired) electrons. The summed E-state index contributed by atoms with van der Waals surface area (Å²) in [6, 6.07) is 6.19. The summed E-state index contributed by atoms with van der Waals surface area (Å²) in [6.07, 6.45) is 0. The molecule has 164 valence electrons. The molecule has 0 atom stereocenters. The molecule has 1 heterocycles. The van der Waals surface area contributed by atoms with Gasteiger partial charge in [0, 0.05) is 53.4 Å². The number of hydrogen-bond donors (Lipinski definition) is 2. The highest BCUT2D eigenvalue weighted by molar-refractivity contribution is 14.0. The molecular formula is C20H34IN5O3. The van der Waals surface area contributed by atoms with Gasteiger partial charge in [-0.05, 0) is 30.2 Å². The van der Waals surface area contributed by atoms with Crippen LogP contribution in [0, 0.1) is 6.92 Å². The van der Waals surface area contributed by atoms with Gasteiger partial charge >= 0.3 is 0 Å². The van der Waals surface area contributed by atoms with Gasteiger partial charge in [0.05, 0.1) is 20.3 Å². The fourth-order valence-corrected chi connectivity index (χ4v) is 3.23. The van der Waals surface area contributed by atoms with Crippen LogP contribution in [0.15, 0.2) is 23.2 Å². The molecule has 9 heteroatoms. The van der Waals surface area contributed by atoms with E-state index in [1.54, 1.807) is 21.3 Å².